The number of nitrogens with zero attached hydrogens (tertiary/aromatic N) is 4. The maximum atomic E-state index is 5.99. The number of aromatic nitrogens is 3. The highest BCUT2D eigenvalue weighted by Crippen LogP contribution is 2.30. The first-order chi connectivity index (χ1) is 10.9. The van der Waals surface area contributed by atoms with Crippen LogP contribution >= 0.6 is 0 Å². The van der Waals surface area contributed by atoms with Crippen LogP contribution in [0.15, 0.2) is 42.6 Å². The van der Waals surface area contributed by atoms with E-state index in [0.29, 0.717) is 12.6 Å². The van der Waals surface area contributed by atoms with Crippen molar-refractivity contribution in [2.45, 2.75) is 25.2 Å². The number of hydrogen-bond donors (Lipinski definition) is 0. The van der Waals surface area contributed by atoms with Gasteiger partial charge in [0.05, 0.1) is 30.6 Å². The van der Waals surface area contributed by atoms with Crippen LogP contribution in [0.1, 0.15) is 23.7 Å². The van der Waals surface area contributed by atoms with E-state index in [2.05, 4.69) is 56.3 Å². The first-order valence-electron chi connectivity index (χ1n) is 7.85. The molecule has 1 aromatic heterocycles. The average Bonchev–Trinajstić information content (AvgIpc) is 3.04. The van der Waals surface area contributed by atoms with Crippen molar-refractivity contribution in [3.8, 4) is 0 Å². The Morgan fingerprint density at radius 2 is 2.18 bits per heavy atom. The molecule has 5 heteroatoms. The fraction of sp³-hybridized carbons (Fsp3) is 0.412. The van der Waals surface area contributed by atoms with Gasteiger partial charge >= 0.3 is 0 Å². The van der Waals surface area contributed by atoms with Gasteiger partial charge in [0.2, 0.25) is 0 Å². The summed E-state index contributed by atoms with van der Waals surface area (Å²) in [5, 5.41) is 8.23. The molecule has 22 heavy (non-hydrogen) atoms. The maximum Gasteiger partial charge on any atom is 0.0932 e. The Morgan fingerprint density at radius 1 is 1.27 bits per heavy atom. The van der Waals surface area contributed by atoms with E-state index in [4.69, 9.17) is 4.74 Å². The zero-order valence-electron chi connectivity index (χ0n) is 12.5. The van der Waals surface area contributed by atoms with Gasteiger partial charge < -0.3 is 4.74 Å². The molecule has 1 aromatic carbocycles. The number of fused-ring (bicyclic) bond motifs is 3. The lowest BCUT2D eigenvalue weighted by atomic mass is 10.00. The van der Waals surface area contributed by atoms with Crippen molar-refractivity contribution in [1.29, 1.82) is 0 Å². The van der Waals surface area contributed by atoms with Crippen molar-refractivity contribution in [1.82, 2.24) is 19.9 Å². The fourth-order valence-corrected chi connectivity index (χ4v) is 3.32. The summed E-state index contributed by atoms with van der Waals surface area (Å²) in [6.07, 6.45) is 7.53. The summed E-state index contributed by atoms with van der Waals surface area (Å²) in [5.74, 6) is 0. The Morgan fingerprint density at radius 3 is 3.09 bits per heavy atom. The number of rotatable bonds is 3. The monoisotopic (exact) mass is 296 g/mol. The van der Waals surface area contributed by atoms with Crippen LogP contribution in [0, 0.1) is 0 Å². The van der Waals surface area contributed by atoms with Crippen molar-refractivity contribution in [3.05, 3.63) is 53.9 Å². The fourth-order valence-electron chi connectivity index (χ4n) is 3.32. The van der Waals surface area contributed by atoms with Gasteiger partial charge in [0.1, 0.15) is 0 Å². The highest BCUT2D eigenvalue weighted by molar-refractivity contribution is 5.48. The SMILES string of the molecule is C(=C\c1ccccc1)/CN1CC[C@H]2[C@H](C1)OCc1cnnn12. The molecule has 2 aromatic rings. The predicted octanol–water partition coefficient (Wildman–Crippen LogP) is 2.14. The van der Waals surface area contributed by atoms with Gasteiger partial charge in [0, 0.05) is 19.6 Å². The lowest BCUT2D eigenvalue weighted by Crippen LogP contribution is -2.48. The molecule has 4 rings (SSSR count). The molecular weight excluding hydrogens is 276 g/mol. The molecule has 2 aliphatic heterocycles. The molecule has 114 valence electrons. The molecule has 2 aliphatic rings. The highest BCUT2D eigenvalue weighted by atomic mass is 16.5. The zero-order valence-corrected chi connectivity index (χ0v) is 12.5. The number of likely N-dealkylation sites (tertiary alicyclic amines) is 1. The lowest BCUT2D eigenvalue weighted by molar-refractivity contribution is -0.0667. The molecule has 0 N–H and O–H groups in total. The van der Waals surface area contributed by atoms with E-state index in [9.17, 15) is 0 Å². The predicted molar refractivity (Wildman–Crippen MR) is 84.2 cm³/mol. The van der Waals surface area contributed by atoms with Gasteiger partial charge in [0.25, 0.3) is 0 Å². The number of benzene rings is 1. The van der Waals surface area contributed by atoms with E-state index in [-0.39, 0.29) is 6.10 Å². The molecule has 3 heterocycles. The Kier molecular flexibility index (Phi) is 3.74. The van der Waals surface area contributed by atoms with Crippen molar-refractivity contribution in [3.63, 3.8) is 0 Å². The molecule has 0 aliphatic carbocycles. The smallest absolute Gasteiger partial charge is 0.0932 e. The third kappa shape index (κ3) is 2.69. The molecular formula is C17H20N4O. The van der Waals surface area contributed by atoms with E-state index >= 15 is 0 Å². The minimum Gasteiger partial charge on any atom is -0.368 e. The summed E-state index contributed by atoms with van der Waals surface area (Å²) < 4.78 is 8.06. The Hall–Kier alpha value is -1.98. The number of ether oxygens (including phenoxy) is 1. The molecule has 0 bridgehead atoms. The van der Waals surface area contributed by atoms with Gasteiger partial charge in [-0.05, 0) is 12.0 Å². The third-order valence-electron chi connectivity index (χ3n) is 4.49. The molecule has 5 nitrogen and oxygen atoms in total. The lowest BCUT2D eigenvalue weighted by Gasteiger charge is -2.40. The molecule has 1 fully saturated rings. The topological polar surface area (TPSA) is 43.2 Å². The highest BCUT2D eigenvalue weighted by Gasteiger charge is 2.35. The van der Waals surface area contributed by atoms with Crippen LogP contribution in [0.2, 0.25) is 0 Å². The van der Waals surface area contributed by atoms with Crippen molar-refractivity contribution in [2.75, 3.05) is 19.6 Å². The minimum atomic E-state index is 0.230. The number of hydrogen-bond acceptors (Lipinski definition) is 4. The molecule has 0 saturated carbocycles. The van der Waals surface area contributed by atoms with E-state index < -0.39 is 0 Å². The van der Waals surface area contributed by atoms with Crippen LogP contribution in [-0.2, 0) is 11.3 Å². The molecule has 0 amide bonds. The summed E-state index contributed by atoms with van der Waals surface area (Å²) in [6, 6.07) is 10.8. The quantitative estimate of drug-likeness (QED) is 0.870. The molecule has 0 spiro atoms. The second-order valence-electron chi connectivity index (χ2n) is 5.95. The van der Waals surface area contributed by atoms with E-state index in [1.807, 2.05) is 12.3 Å². The summed E-state index contributed by atoms with van der Waals surface area (Å²) in [5.41, 5.74) is 2.34. The third-order valence-corrected chi connectivity index (χ3v) is 4.49. The van der Waals surface area contributed by atoms with Crippen LogP contribution in [0.25, 0.3) is 6.08 Å². The van der Waals surface area contributed by atoms with E-state index in [1.54, 1.807) is 0 Å². The van der Waals surface area contributed by atoms with Crippen LogP contribution in [0.5, 0.6) is 0 Å². The van der Waals surface area contributed by atoms with E-state index in [0.717, 1.165) is 31.7 Å². The van der Waals surface area contributed by atoms with Gasteiger partial charge in [-0.3, -0.25) is 4.90 Å². The van der Waals surface area contributed by atoms with Gasteiger partial charge in [-0.2, -0.15) is 0 Å². The van der Waals surface area contributed by atoms with E-state index in [1.165, 1.54) is 5.56 Å². The second kappa shape index (κ2) is 6.02. The average molecular weight is 296 g/mol. The summed E-state index contributed by atoms with van der Waals surface area (Å²) >= 11 is 0. The molecule has 0 unspecified atom stereocenters. The van der Waals surface area contributed by atoms with Gasteiger partial charge in [-0.15, -0.1) is 5.10 Å². The Labute approximate surface area is 130 Å². The van der Waals surface area contributed by atoms with Gasteiger partial charge in [-0.1, -0.05) is 47.7 Å². The zero-order chi connectivity index (χ0) is 14.8. The largest absolute Gasteiger partial charge is 0.368 e. The van der Waals surface area contributed by atoms with Crippen LogP contribution < -0.4 is 0 Å². The Bertz CT molecular complexity index is 652. The second-order valence-corrected chi connectivity index (χ2v) is 5.95. The standard InChI is InChI=1S/C17H20N4O/c1-2-5-14(6-3-1)7-4-9-20-10-8-16-17(12-20)22-13-15-11-18-19-21(15)16/h1-7,11,16-17H,8-10,12-13H2/b7-4+/t16-,17-/m0/s1. The minimum absolute atomic E-state index is 0.230. The molecule has 1 saturated heterocycles. The molecule has 0 radical (unpaired) electrons. The summed E-state index contributed by atoms with van der Waals surface area (Å²) in [4.78, 5) is 2.45. The van der Waals surface area contributed by atoms with Crippen molar-refractivity contribution >= 4 is 6.08 Å². The van der Waals surface area contributed by atoms with Crippen LogP contribution in [0.4, 0.5) is 0 Å². The molecule has 2 atom stereocenters. The maximum absolute atomic E-state index is 5.99. The summed E-state index contributed by atoms with van der Waals surface area (Å²) in [6.45, 7) is 3.62. The summed E-state index contributed by atoms with van der Waals surface area (Å²) in [7, 11) is 0. The normalized spacial score (nSPS) is 25.1. The first-order valence-corrected chi connectivity index (χ1v) is 7.85. The van der Waals surface area contributed by atoms with Crippen molar-refractivity contribution < 1.29 is 4.74 Å². The van der Waals surface area contributed by atoms with Crippen molar-refractivity contribution in [2.24, 2.45) is 0 Å². The number of piperidine rings is 1. The van der Waals surface area contributed by atoms with Crippen LogP contribution in [-0.4, -0.2) is 45.6 Å². The van der Waals surface area contributed by atoms with Crippen LogP contribution in [0.3, 0.4) is 0 Å². The first kappa shape index (κ1) is 13.7. The van der Waals surface area contributed by atoms with Gasteiger partial charge in [-0.25, -0.2) is 4.68 Å². The Balaban J connectivity index is 1.36. The van der Waals surface area contributed by atoms with Gasteiger partial charge in [0.15, 0.2) is 0 Å².